The number of hydrogen-bond acceptors (Lipinski definition) is 2. The van der Waals surface area contributed by atoms with E-state index in [-0.39, 0.29) is 16.2 Å². The highest BCUT2D eigenvalue weighted by Crippen LogP contribution is 2.26. The van der Waals surface area contributed by atoms with Gasteiger partial charge in [0.05, 0.1) is 6.04 Å². The second-order valence-corrected chi connectivity index (χ2v) is 5.01. The van der Waals surface area contributed by atoms with Crippen molar-refractivity contribution in [2.24, 2.45) is 5.73 Å². The van der Waals surface area contributed by atoms with E-state index in [2.05, 4.69) is 17.5 Å². The Morgan fingerprint density at radius 3 is 2.19 bits per heavy atom. The molecule has 0 aliphatic rings. The van der Waals surface area contributed by atoms with Gasteiger partial charge in [0.1, 0.15) is 28.1 Å². The van der Waals surface area contributed by atoms with Gasteiger partial charge >= 0.3 is 0 Å². The Bertz CT molecular complexity index is 665. The largest absolute Gasteiger partial charge is 0.389 e. The topological polar surface area (TPSA) is 38.0 Å². The molecular weight excluding hydrogens is 297 g/mol. The molecule has 0 aromatic heterocycles. The minimum atomic E-state index is -0.832. The lowest BCUT2D eigenvalue weighted by molar-refractivity contribution is 0.576. The summed E-state index contributed by atoms with van der Waals surface area (Å²) in [5.41, 5.74) is 5.42. The van der Waals surface area contributed by atoms with Crippen molar-refractivity contribution < 1.29 is 13.2 Å². The third-order valence-electron chi connectivity index (χ3n) is 3.06. The van der Waals surface area contributed by atoms with Crippen LogP contribution in [0.2, 0.25) is 0 Å². The second-order valence-electron chi connectivity index (χ2n) is 4.57. The van der Waals surface area contributed by atoms with Gasteiger partial charge < -0.3 is 11.1 Å². The van der Waals surface area contributed by atoms with Crippen LogP contribution >= 0.6 is 12.2 Å². The zero-order chi connectivity index (χ0) is 15.6. The molecule has 1 atom stereocenters. The van der Waals surface area contributed by atoms with Crippen molar-refractivity contribution in [1.82, 2.24) is 0 Å². The van der Waals surface area contributed by atoms with E-state index in [1.54, 1.807) is 25.1 Å². The SMILES string of the molecule is CC(Nc1c(F)cc(C(N)=S)cc1F)c1ccccc1F. The number of thiocarbonyl (C=S) groups is 1. The highest BCUT2D eigenvalue weighted by molar-refractivity contribution is 7.80. The first-order valence-electron chi connectivity index (χ1n) is 6.20. The number of benzene rings is 2. The summed E-state index contributed by atoms with van der Waals surface area (Å²) in [5.74, 6) is -2.11. The number of rotatable bonds is 4. The van der Waals surface area contributed by atoms with Crippen LogP contribution in [-0.4, -0.2) is 4.99 Å². The van der Waals surface area contributed by atoms with Crippen LogP contribution in [0.25, 0.3) is 0 Å². The van der Waals surface area contributed by atoms with E-state index in [0.717, 1.165) is 12.1 Å². The van der Waals surface area contributed by atoms with Crippen LogP contribution in [0.1, 0.15) is 24.1 Å². The smallest absolute Gasteiger partial charge is 0.150 e. The number of nitrogens with two attached hydrogens (primary N) is 1. The maximum Gasteiger partial charge on any atom is 0.150 e. The summed E-state index contributed by atoms with van der Waals surface area (Å²) < 4.78 is 41.5. The Hall–Kier alpha value is -2.08. The van der Waals surface area contributed by atoms with E-state index >= 15 is 0 Å². The van der Waals surface area contributed by atoms with Crippen LogP contribution in [0.3, 0.4) is 0 Å². The van der Waals surface area contributed by atoms with Crippen LogP contribution < -0.4 is 11.1 Å². The zero-order valence-electron chi connectivity index (χ0n) is 11.2. The molecule has 0 radical (unpaired) electrons. The van der Waals surface area contributed by atoms with Gasteiger partial charge in [-0.25, -0.2) is 13.2 Å². The standard InChI is InChI=1S/C15H13F3N2S/c1-8(10-4-2-3-5-11(10)16)20-14-12(17)6-9(15(19)21)7-13(14)18/h2-8,20H,1H3,(H2,19,21). The number of nitrogens with one attached hydrogen (secondary N) is 1. The summed E-state index contributed by atoms with van der Waals surface area (Å²) in [4.78, 5) is -0.0958. The van der Waals surface area contributed by atoms with Crippen molar-refractivity contribution in [2.45, 2.75) is 13.0 Å². The first-order chi connectivity index (χ1) is 9.90. The first kappa shape index (κ1) is 15.3. The Morgan fingerprint density at radius 2 is 1.67 bits per heavy atom. The molecule has 0 saturated carbocycles. The number of halogens is 3. The Labute approximate surface area is 125 Å². The lowest BCUT2D eigenvalue weighted by atomic mass is 10.1. The summed E-state index contributed by atoms with van der Waals surface area (Å²) >= 11 is 4.68. The quantitative estimate of drug-likeness (QED) is 0.841. The van der Waals surface area contributed by atoms with Gasteiger partial charge in [0.25, 0.3) is 0 Å². The predicted octanol–water partition coefficient (Wildman–Crippen LogP) is 3.91. The van der Waals surface area contributed by atoms with Crippen molar-refractivity contribution in [3.63, 3.8) is 0 Å². The molecule has 0 heterocycles. The fraction of sp³-hybridized carbons (Fsp3) is 0.133. The van der Waals surface area contributed by atoms with Crippen LogP contribution in [-0.2, 0) is 0 Å². The van der Waals surface area contributed by atoms with Gasteiger partial charge in [-0.1, -0.05) is 30.4 Å². The average molecular weight is 310 g/mol. The van der Waals surface area contributed by atoms with Crippen molar-refractivity contribution in [3.8, 4) is 0 Å². The molecule has 2 nitrogen and oxygen atoms in total. The molecule has 6 heteroatoms. The minimum Gasteiger partial charge on any atom is -0.389 e. The molecule has 2 rings (SSSR count). The fourth-order valence-corrected chi connectivity index (χ4v) is 2.09. The first-order valence-corrected chi connectivity index (χ1v) is 6.60. The molecule has 3 N–H and O–H groups in total. The van der Waals surface area contributed by atoms with Gasteiger partial charge in [-0.3, -0.25) is 0 Å². The molecule has 0 spiro atoms. The van der Waals surface area contributed by atoms with Crippen molar-refractivity contribution in [2.75, 3.05) is 5.32 Å². The minimum absolute atomic E-state index is 0.0958. The normalized spacial score (nSPS) is 12.0. The Morgan fingerprint density at radius 1 is 1.10 bits per heavy atom. The lowest BCUT2D eigenvalue weighted by Gasteiger charge is -2.18. The van der Waals surface area contributed by atoms with Crippen LogP contribution in [0.15, 0.2) is 36.4 Å². The maximum absolute atomic E-state index is 13.9. The summed E-state index contributed by atoms with van der Waals surface area (Å²) in [6, 6.07) is 7.51. The summed E-state index contributed by atoms with van der Waals surface area (Å²) in [7, 11) is 0. The molecule has 0 fully saturated rings. The molecule has 2 aromatic carbocycles. The van der Waals surface area contributed by atoms with Crippen molar-refractivity contribution in [3.05, 3.63) is 65.0 Å². The molecule has 0 amide bonds. The highest BCUT2D eigenvalue weighted by atomic mass is 32.1. The molecule has 0 aliphatic heterocycles. The van der Waals surface area contributed by atoms with Gasteiger partial charge in [-0.15, -0.1) is 0 Å². The maximum atomic E-state index is 13.9. The second kappa shape index (κ2) is 6.13. The molecule has 0 aliphatic carbocycles. The molecule has 0 saturated heterocycles. The molecule has 2 aromatic rings. The van der Waals surface area contributed by atoms with Crippen molar-refractivity contribution >= 4 is 22.9 Å². The number of anilines is 1. The zero-order valence-corrected chi connectivity index (χ0v) is 12.0. The highest BCUT2D eigenvalue weighted by Gasteiger charge is 2.17. The summed E-state index contributed by atoms with van der Waals surface area (Å²) in [6.07, 6.45) is 0. The molecule has 1 unspecified atom stereocenters. The van der Waals surface area contributed by atoms with Crippen LogP contribution in [0.4, 0.5) is 18.9 Å². The summed E-state index contributed by atoms with van der Waals surface area (Å²) in [5, 5.41) is 2.63. The third-order valence-corrected chi connectivity index (χ3v) is 3.29. The van der Waals surface area contributed by atoms with Gasteiger partial charge in [0, 0.05) is 11.1 Å². The van der Waals surface area contributed by atoms with E-state index in [0.29, 0.717) is 5.56 Å². The predicted molar refractivity (Wildman–Crippen MR) is 80.7 cm³/mol. The number of hydrogen-bond donors (Lipinski definition) is 2. The Balaban J connectivity index is 2.32. The third kappa shape index (κ3) is 3.33. The van der Waals surface area contributed by atoms with E-state index in [1.165, 1.54) is 6.07 Å². The van der Waals surface area contributed by atoms with Gasteiger partial charge in [-0.2, -0.15) is 0 Å². The van der Waals surface area contributed by atoms with Gasteiger partial charge in [-0.05, 0) is 25.1 Å². The lowest BCUT2D eigenvalue weighted by Crippen LogP contribution is -2.14. The molecular formula is C15H13F3N2S. The van der Waals surface area contributed by atoms with E-state index in [1.807, 2.05) is 0 Å². The average Bonchev–Trinajstić information content (AvgIpc) is 2.42. The van der Waals surface area contributed by atoms with Gasteiger partial charge in [0.15, 0.2) is 0 Å². The summed E-state index contributed by atoms with van der Waals surface area (Å²) in [6.45, 7) is 1.61. The van der Waals surface area contributed by atoms with E-state index in [4.69, 9.17) is 5.73 Å². The van der Waals surface area contributed by atoms with E-state index < -0.39 is 23.5 Å². The molecule has 21 heavy (non-hydrogen) atoms. The molecule has 110 valence electrons. The molecule has 0 bridgehead atoms. The van der Waals surface area contributed by atoms with Gasteiger partial charge in [0.2, 0.25) is 0 Å². The fourth-order valence-electron chi connectivity index (χ4n) is 1.97. The van der Waals surface area contributed by atoms with Crippen molar-refractivity contribution in [1.29, 1.82) is 0 Å². The van der Waals surface area contributed by atoms with E-state index in [9.17, 15) is 13.2 Å². The monoisotopic (exact) mass is 310 g/mol. The Kier molecular flexibility index (Phi) is 4.47. The van der Waals surface area contributed by atoms with Crippen LogP contribution in [0.5, 0.6) is 0 Å². The van der Waals surface area contributed by atoms with Crippen LogP contribution in [0, 0.1) is 17.5 Å².